The molecule has 1 aromatic carbocycles. The lowest BCUT2D eigenvalue weighted by molar-refractivity contribution is -0.182. The first-order valence-electron chi connectivity index (χ1n) is 8.89. The summed E-state index contributed by atoms with van der Waals surface area (Å²) in [6.45, 7) is 0.984. The van der Waals surface area contributed by atoms with Gasteiger partial charge in [0.2, 0.25) is 0 Å². The first-order valence-corrected chi connectivity index (χ1v) is 8.89. The molecule has 0 amide bonds. The Labute approximate surface area is 170 Å². The predicted octanol–water partition coefficient (Wildman–Crippen LogP) is 2.39. The highest BCUT2D eigenvalue weighted by atomic mass is 19.4. The average Bonchev–Trinajstić information content (AvgIpc) is 2.64. The quantitative estimate of drug-likeness (QED) is 0.587. The summed E-state index contributed by atoms with van der Waals surface area (Å²) in [7, 11) is 1.31. The molecule has 3 unspecified atom stereocenters. The van der Waals surface area contributed by atoms with Crippen molar-refractivity contribution in [2.45, 2.75) is 37.8 Å². The Bertz CT molecular complexity index is 861. The Balaban J connectivity index is 2.58. The normalized spacial score (nSPS) is 28.1. The molecule has 1 aromatic rings. The molecule has 0 radical (unpaired) electrons. The van der Waals surface area contributed by atoms with Gasteiger partial charge in [-0.3, -0.25) is 4.79 Å². The van der Waals surface area contributed by atoms with E-state index in [9.17, 15) is 38.1 Å². The molecule has 1 aliphatic rings. The number of fused-ring (bicyclic) bond motifs is 1. The molecule has 30 heavy (non-hydrogen) atoms. The first-order chi connectivity index (χ1) is 14.0. The lowest BCUT2D eigenvalue weighted by Gasteiger charge is -2.24. The lowest BCUT2D eigenvalue weighted by Crippen LogP contribution is -2.36. The number of carbonyl (C=O) groups excluding carboxylic acids is 2. The van der Waals surface area contributed by atoms with Crippen LogP contribution < -0.4 is 4.74 Å². The van der Waals surface area contributed by atoms with E-state index < -0.39 is 53.5 Å². The van der Waals surface area contributed by atoms with Gasteiger partial charge in [0.15, 0.2) is 5.78 Å². The standard InChI is InChI=1S/C20H21F3O7/c1-10-13(20(21,22)23)6-7-15(25)18(27)14(24)5-3-4-11-8-12(29-2)9-16(26)17(11)19(28)30-10/h3-4,6-10,13-14,18,24,26-27H,5H2,1-2H3/b4-3+,7-6-/t10?,13?,14-,18?/m0/s1. The molecular weight excluding hydrogens is 409 g/mol. The van der Waals surface area contributed by atoms with Gasteiger partial charge in [-0.05, 0) is 31.1 Å². The number of alkyl halides is 3. The maximum absolute atomic E-state index is 13.4. The number of ether oxygens (including phenoxy) is 2. The number of ketones is 1. The zero-order chi connectivity index (χ0) is 22.6. The van der Waals surface area contributed by atoms with Crippen molar-refractivity contribution in [3.05, 3.63) is 41.5 Å². The number of hydrogen-bond acceptors (Lipinski definition) is 7. The Morgan fingerprint density at radius 1 is 1.17 bits per heavy atom. The third-order valence-electron chi connectivity index (χ3n) is 4.54. The Kier molecular flexibility index (Phi) is 7.27. The first kappa shape index (κ1) is 23.4. The summed E-state index contributed by atoms with van der Waals surface area (Å²) < 4.78 is 50.2. The van der Waals surface area contributed by atoms with Crippen LogP contribution in [0.2, 0.25) is 0 Å². The van der Waals surface area contributed by atoms with Gasteiger partial charge in [-0.15, -0.1) is 0 Å². The number of benzene rings is 1. The number of rotatable bonds is 1. The molecular formula is C20H21F3O7. The number of phenolic OH excluding ortho intramolecular Hbond substituents is 1. The van der Waals surface area contributed by atoms with Gasteiger partial charge in [-0.1, -0.05) is 18.2 Å². The Morgan fingerprint density at radius 3 is 2.43 bits per heavy atom. The molecule has 164 valence electrons. The van der Waals surface area contributed by atoms with Crippen LogP contribution in [0.5, 0.6) is 11.5 Å². The molecule has 0 aliphatic carbocycles. The van der Waals surface area contributed by atoms with E-state index in [0.29, 0.717) is 12.2 Å². The van der Waals surface area contributed by atoms with Gasteiger partial charge in [0.05, 0.1) is 13.2 Å². The maximum Gasteiger partial charge on any atom is 0.398 e. The summed E-state index contributed by atoms with van der Waals surface area (Å²) in [5.74, 6) is -5.12. The SMILES string of the molecule is COc1cc(O)c2c(c1)/C=C/C[C@H](O)C(O)C(=O)/C=C\C(C(F)(F)F)C(C)OC2=O. The minimum atomic E-state index is -4.87. The summed E-state index contributed by atoms with van der Waals surface area (Å²) in [6, 6.07) is 2.43. The third kappa shape index (κ3) is 5.39. The van der Waals surface area contributed by atoms with Crippen LogP contribution >= 0.6 is 0 Å². The van der Waals surface area contributed by atoms with Crippen LogP contribution in [0.4, 0.5) is 13.2 Å². The fraction of sp³-hybridized carbons (Fsp3) is 0.400. The third-order valence-corrected chi connectivity index (χ3v) is 4.54. The Morgan fingerprint density at radius 2 is 1.83 bits per heavy atom. The molecule has 0 spiro atoms. The van der Waals surface area contributed by atoms with Crippen LogP contribution in [-0.4, -0.2) is 58.7 Å². The highest BCUT2D eigenvalue weighted by molar-refractivity contribution is 5.97. The molecule has 0 saturated carbocycles. The van der Waals surface area contributed by atoms with Gasteiger partial charge in [-0.25, -0.2) is 4.79 Å². The second-order valence-corrected chi connectivity index (χ2v) is 6.70. The smallest absolute Gasteiger partial charge is 0.398 e. The largest absolute Gasteiger partial charge is 0.507 e. The topological polar surface area (TPSA) is 113 Å². The van der Waals surface area contributed by atoms with Crippen molar-refractivity contribution in [2.75, 3.05) is 7.11 Å². The monoisotopic (exact) mass is 430 g/mol. The van der Waals surface area contributed by atoms with Crippen LogP contribution in [0.15, 0.2) is 30.4 Å². The van der Waals surface area contributed by atoms with Gasteiger partial charge in [0.25, 0.3) is 0 Å². The van der Waals surface area contributed by atoms with E-state index >= 15 is 0 Å². The molecule has 1 aliphatic heterocycles. The van der Waals surface area contributed by atoms with Gasteiger partial charge >= 0.3 is 12.1 Å². The highest BCUT2D eigenvalue weighted by Crippen LogP contribution is 2.34. The average molecular weight is 430 g/mol. The second kappa shape index (κ2) is 9.31. The van der Waals surface area contributed by atoms with Crippen molar-refractivity contribution >= 4 is 17.8 Å². The van der Waals surface area contributed by atoms with Crippen molar-refractivity contribution in [2.24, 2.45) is 5.92 Å². The molecule has 0 saturated heterocycles. The molecule has 2 rings (SSSR count). The zero-order valence-electron chi connectivity index (χ0n) is 16.1. The van der Waals surface area contributed by atoms with Crippen LogP contribution in [0, 0.1) is 5.92 Å². The number of carbonyl (C=O) groups is 2. The number of esters is 1. The predicted molar refractivity (Wildman–Crippen MR) is 98.9 cm³/mol. The van der Waals surface area contributed by atoms with Gasteiger partial charge in [0, 0.05) is 6.07 Å². The number of methoxy groups -OCH3 is 1. The number of cyclic esters (lactones) is 1. The maximum atomic E-state index is 13.4. The van der Waals surface area contributed by atoms with Crippen molar-refractivity contribution in [1.29, 1.82) is 0 Å². The number of aliphatic hydroxyl groups excluding tert-OH is 2. The lowest BCUT2D eigenvalue weighted by atomic mass is 9.98. The van der Waals surface area contributed by atoms with Gasteiger partial charge in [0.1, 0.15) is 35.2 Å². The van der Waals surface area contributed by atoms with E-state index in [1.165, 1.54) is 25.3 Å². The van der Waals surface area contributed by atoms with E-state index in [0.717, 1.165) is 13.0 Å². The van der Waals surface area contributed by atoms with Crippen molar-refractivity contribution in [3.8, 4) is 11.5 Å². The van der Waals surface area contributed by atoms with E-state index in [1.54, 1.807) is 0 Å². The van der Waals surface area contributed by atoms with E-state index in [4.69, 9.17) is 9.47 Å². The molecule has 0 fully saturated rings. The number of aromatic hydroxyl groups is 1. The second-order valence-electron chi connectivity index (χ2n) is 6.70. The van der Waals surface area contributed by atoms with Crippen molar-refractivity contribution in [3.63, 3.8) is 0 Å². The van der Waals surface area contributed by atoms with E-state index in [1.807, 2.05) is 0 Å². The number of phenols is 1. The van der Waals surface area contributed by atoms with Gasteiger partial charge in [-0.2, -0.15) is 13.2 Å². The molecule has 0 bridgehead atoms. The number of aliphatic hydroxyl groups is 2. The molecule has 1 heterocycles. The number of halogens is 3. The Hall–Kier alpha value is -2.85. The zero-order valence-corrected chi connectivity index (χ0v) is 16.1. The van der Waals surface area contributed by atoms with Crippen LogP contribution in [0.25, 0.3) is 6.08 Å². The summed E-state index contributed by atoms with van der Waals surface area (Å²) in [4.78, 5) is 24.5. The summed E-state index contributed by atoms with van der Waals surface area (Å²) in [5.41, 5.74) is -0.347. The minimum Gasteiger partial charge on any atom is -0.507 e. The van der Waals surface area contributed by atoms with E-state index in [2.05, 4.69) is 0 Å². The number of hydrogen-bond donors (Lipinski definition) is 3. The van der Waals surface area contributed by atoms with Crippen molar-refractivity contribution < 1.29 is 47.6 Å². The molecule has 3 N–H and O–H groups in total. The van der Waals surface area contributed by atoms with Crippen molar-refractivity contribution in [1.82, 2.24) is 0 Å². The summed E-state index contributed by atoms with van der Waals surface area (Å²) in [5, 5.41) is 30.0. The highest BCUT2D eigenvalue weighted by Gasteiger charge is 2.43. The minimum absolute atomic E-state index is 0.0493. The molecule has 10 heteroatoms. The fourth-order valence-corrected chi connectivity index (χ4v) is 2.88. The van der Waals surface area contributed by atoms with Crippen LogP contribution in [-0.2, 0) is 9.53 Å². The molecule has 7 nitrogen and oxygen atoms in total. The molecule has 4 atom stereocenters. The van der Waals surface area contributed by atoms with E-state index in [-0.39, 0.29) is 17.7 Å². The van der Waals surface area contributed by atoms with Gasteiger partial charge < -0.3 is 24.8 Å². The van der Waals surface area contributed by atoms with Crippen LogP contribution in [0.1, 0.15) is 29.3 Å². The summed E-state index contributed by atoms with van der Waals surface area (Å²) in [6.07, 6.45) is -6.86. The van der Waals surface area contributed by atoms with Crippen LogP contribution in [0.3, 0.4) is 0 Å². The fourth-order valence-electron chi connectivity index (χ4n) is 2.88. The molecule has 0 aromatic heterocycles. The summed E-state index contributed by atoms with van der Waals surface area (Å²) >= 11 is 0.